The van der Waals surface area contributed by atoms with Crippen molar-refractivity contribution in [2.24, 2.45) is 0 Å². The van der Waals surface area contributed by atoms with E-state index in [4.69, 9.17) is 22.1 Å². The number of rotatable bonds is 6. The van der Waals surface area contributed by atoms with E-state index in [1.807, 2.05) is 0 Å². The van der Waals surface area contributed by atoms with E-state index in [-0.39, 0.29) is 51.5 Å². The molecule has 10 nitrogen and oxygen atoms in total. The Balaban J connectivity index is 1.81. The third kappa shape index (κ3) is 3.96. The number of esters is 1. The van der Waals surface area contributed by atoms with Gasteiger partial charge in [-0.15, -0.1) is 0 Å². The molecule has 16 heteroatoms. The van der Waals surface area contributed by atoms with Crippen LogP contribution in [0.25, 0.3) is 22.6 Å². The number of anilines is 2. The first-order valence-electron chi connectivity index (χ1n) is 10.4. The molecule has 1 amide bonds. The number of pyridine rings is 1. The van der Waals surface area contributed by atoms with Crippen molar-refractivity contribution in [3.8, 4) is 11.5 Å². The van der Waals surface area contributed by atoms with Gasteiger partial charge in [0.05, 0.1) is 17.6 Å². The van der Waals surface area contributed by atoms with Crippen LogP contribution in [-0.4, -0.2) is 55.3 Å². The van der Waals surface area contributed by atoms with Crippen molar-refractivity contribution in [2.45, 2.75) is 44.3 Å². The molecule has 3 aromatic heterocycles. The fourth-order valence-electron chi connectivity index (χ4n) is 3.72. The van der Waals surface area contributed by atoms with Crippen molar-refractivity contribution in [3.63, 3.8) is 0 Å². The number of nitrogens with zero attached hydrogens (tertiary/aromatic N) is 5. The molecule has 4 rings (SSSR count). The summed E-state index contributed by atoms with van der Waals surface area (Å²) in [4.78, 5) is 37.5. The van der Waals surface area contributed by atoms with Crippen molar-refractivity contribution in [3.05, 3.63) is 22.8 Å². The Labute approximate surface area is 204 Å². The maximum atomic E-state index is 13.5. The number of nitrogens with one attached hydrogen (secondary N) is 1. The van der Waals surface area contributed by atoms with Crippen LogP contribution in [0.3, 0.4) is 0 Å². The molecule has 0 aromatic carbocycles. The van der Waals surface area contributed by atoms with Crippen molar-refractivity contribution in [1.82, 2.24) is 24.7 Å². The van der Waals surface area contributed by atoms with Crippen LogP contribution in [0.15, 0.2) is 12.1 Å². The number of hydrogen-bond acceptors (Lipinski definition) is 8. The monoisotopic (exact) mass is 533 g/mol. The lowest BCUT2D eigenvalue weighted by Gasteiger charge is -2.20. The van der Waals surface area contributed by atoms with Gasteiger partial charge < -0.3 is 15.8 Å². The number of nitrogen functional groups attached to an aromatic ring is 1. The zero-order chi connectivity index (χ0) is 26.6. The Hall–Kier alpha value is -3.62. The molecule has 0 saturated carbocycles. The number of alkyl halides is 5. The smallest absolute Gasteiger partial charge is 0.453 e. The number of aromatic nitrogens is 5. The third-order valence-electron chi connectivity index (χ3n) is 5.63. The zero-order valence-corrected chi connectivity index (χ0v) is 19.3. The summed E-state index contributed by atoms with van der Waals surface area (Å²) < 4.78 is 70.8. The molecule has 1 unspecified atom stereocenters. The Bertz CT molecular complexity index is 1390. The van der Waals surface area contributed by atoms with Crippen LogP contribution in [0, 0.1) is 0 Å². The minimum Gasteiger partial charge on any atom is -0.465 e. The summed E-state index contributed by atoms with van der Waals surface area (Å²) in [7, 11) is 0. The van der Waals surface area contributed by atoms with Crippen LogP contribution >= 0.6 is 11.6 Å². The number of halogens is 6. The predicted octanol–water partition coefficient (Wildman–Crippen LogP) is 3.48. The number of carbonyl (C=O) groups excluding carboxylic acids is 2. The highest BCUT2D eigenvalue weighted by Crippen LogP contribution is 2.42. The second kappa shape index (κ2) is 8.50. The first-order chi connectivity index (χ1) is 16.7. The van der Waals surface area contributed by atoms with Gasteiger partial charge in [-0.2, -0.15) is 27.1 Å². The predicted molar refractivity (Wildman–Crippen MR) is 116 cm³/mol. The molecule has 0 radical (unpaired) electrons. The molecule has 0 bridgehead atoms. The van der Waals surface area contributed by atoms with Gasteiger partial charge in [-0.3, -0.25) is 9.59 Å². The van der Waals surface area contributed by atoms with Crippen molar-refractivity contribution < 1.29 is 36.3 Å². The Kier molecular flexibility index (Phi) is 6.01. The molecule has 0 spiro atoms. The second-order valence-electron chi connectivity index (χ2n) is 7.98. The van der Waals surface area contributed by atoms with Gasteiger partial charge in [-0.25, -0.2) is 19.6 Å². The van der Waals surface area contributed by atoms with Crippen LogP contribution in [0.4, 0.5) is 33.6 Å². The van der Waals surface area contributed by atoms with Crippen molar-refractivity contribution >= 4 is 46.1 Å². The maximum absolute atomic E-state index is 13.5. The van der Waals surface area contributed by atoms with Gasteiger partial charge in [-0.1, -0.05) is 11.6 Å². The topological polar surface area (TPSA) is 138 Å². The van der Waals surface area contributed by atoms with E-state index in [2.05, 4.69) is 25.4 Å². The summed E-state index contributed by atoms with van der Waals surface area (Å²) in [6.45, 7) is 1.99. The van der Waals surface area contributed by atoms with Gasteiger partial charge in [0.2, 0.25) is 5.91 Å². The zero-order valence-electron chi connectivity index (χ0n) is 18.6. The molecular weight excluding hydrogens is 517 g/mol. The van der Waals surface area contributed by atoms with Crippen LogP contribution in [0.1, 0.15) is 25.8 Å². The van der Waals surface area contributed by atoms with E-state index in [1.165, 1.54) is 19.1 Å². The van der Waals surface area contributed by atoms with E-state index in [0.29, 0.717) is 0 Å². The quantitative estimate of drug-likeness (QED) is 0.212. The Morgan fingerprint density at radius 2 is 1.92 bits per heavy atom. The van der Waals surface area contributed by atoms with Crippen LogP contribution in [0.5, 0.6) is 0 Å². The highest BCUT2D eigenvalue weighted by atomic mass is 35.5. The summed E-state index contributed by atoms with van der Waals surface area (Å²) in [6.07, 6.45) is -7.35. The average molecular weight is 534 g/mol. The van der Waals surface area contributed by atoms with E-state index in [0.717, 1.165) is 4.68 Å². The number of nitrogens with two attached hydrogens (primary N) is 1. The van der Waals surface area contributed by atoms with Gasteiger partial charge >= 0.3 is 18.1 Å². The lowest BCUT2D eigenvalue weighted by molar-refractivity contribution is -0.285. The molecule has 3 N–H and O–H groups in total. The number of hydrogen-bond donors (Lipinski definition) is 2. The minimum absolute atomic E-state index is 0.00223. The number of aryl methyl sites for hydroxylation is 1. The van der Waals surface area contributed by atoms with E-state index >= 15 is 0 Å². The standard InChI is InChI=1S/C20H17ClF5N7O3/c1-3-36-17(35)18(2)10-12(27)29-14(30-13(10)31-16(18)34)11-8-4-5-9(21)28-15(8)33(32-11)7-6-19(22,23)20(24,25)26/h4-5H,3,6-7H2,1-2H3,(H3,27,29,30,31,34). The van der Waals surface area contributed by atoms with Crippen LogP contribution in [-0.2, 0) is 26.3 Å². The first kappa shape index (κ1) is 25.5. The number of ether oxygens (including phenoxy) is 1. The Morgan fingerprint density at radius 3 is 2.56 bits per heavy atom. The van der Waals surface area contributed by atoms with Gasteiger partial charge in [0.25, 0.3) is 0 Å². The van der Waals surface area contributed by atoms with Gasteiger partial charge in [0.1, 0.15) is 22.5 Å². The third-order valence-corrected chi connectivity index (χ3v) is 5.84. The highest BCUT2D eigenvalue weighted by Gasteiger charge is 2.57. The molecule has 0 fully saturated rings. The van der Waals surface area contributed by atoms with Crippen molar-refractivity contribution in [1.29, 1.82) is 0 Å². The lowest BCUT2D eigenvalue weighted by atomic mass is 9.84. The highest BCUT2D eigenvalue weighted by molar-refractivity contribution is 6.29. The lowest BCUT2D eigenvalue weighted by Crippen LogP contribution is -2.41. The molecule has 36 heavy (non-hydrogen) atoms. The Morgan fingerprint density at radius 1 is 1.22 bits per heavy atom. The van der Waals surface area contributed by atoms with E-state index in [1.54, 1.807) is 6.92 Å². The fourth-order valence-corrected chi connectivity index (χ4v) is 3.86. The summed E-state index contributed by atoms with van der Waals surface area (Å²) in [5.41, 5.74) is 4.05. The first-order valence-corrected chi connectivity index (χ1v) is 10.7. The van der Waals surface area contributed by atoms with Gasteiger partial charge in [-0.05, 0) is 26.0 Å². The molecular formula is C20H17ClF5N7O3. The number of amides is 1. The summed E-state index contributed by atoms with van der Waals surface area (Å²) in [5.74, 6) is -7.17. The summed E-state index contributed by atoms with van der Waals surface area (Å²) >= 11 is 5.89. The summed E-state index contributed by atoms with van der Waals surface area (Å²) in [6, 6.07) is 2.75. The molecule has 1 atom stereocenters. The molecule has 1 aliphatic heterocycles. The van der Waals surface area contributed by atoms with Gasteiger partial charge in [0, 0.05) is 13.0 Å². The van der Waals surface area contributed by atoms with Crippen molar-refractivity contribution in [2.75, 3.05) is 17.7 Å². The van der Waals surface area contributed by atoms with Crippen LogP contribution < -0.4 is 11.1 Å². The van der Waals surface area contributed by atoms with E-state index in [9.17, 15) is 31.5 Å². The SMILES string of the molecule is CCOC(=O)C1(C)C(=O)Nc2nc(-c3nn(CCC(F)(F)C(F)(F)F)c4nc(Cl)ccc34)nc(N)c21. The normalized spacial score (nSPS) is 17.8. The number of carbonyl (C=O) groups is 2. The molecule has 192 valence electrons. The fraction of sp³-hybridized carbons (Fsp3) is 0.400. The minimum atomic E-state index is -5.74. The molecule has 0 saturated heterocycles. The maximum Gasteiger partial charge on any atom is 0.453 e. The number of fused-ring (bicyclic) bond motifs is 2. The second-order valence-corrected chi connectivity index (χ2v) is 8.37. The van der Waals surface area contributed by atoms with E-state index < -0.39 is 42.4 Å². The molecule has 1 aliphatic rings. The molecule has 3 aromatic rings. The molecule has 0 aliphatic carbocycles. The van der Waals surface area contributed by atoms with Crippen LogP contribution in [0.2, 0.25) is 5.15 Å². The average Bonchev–Trinajstić information content (AvgIpc) is 3.26. The van der Waals surface area contributed by atoms with Gasteiger partial charge in [0.15, 0.2) is 16.9 Å². The molecule has 4 heterocycles. The largest absolute Gasteiger partial charge is 0.465 e. The summed E-state index contributed by atoms with van der Waals surface area (Å²) in [5, 5.41) is 6.63.